The molecule has 0 bridgehead atoms. The highest BCUT2D eigenvalue weighted by Gasteiger charge is 2.13. The normalized spacial score (nSPS) is 12.7. The van der Waals surface area contributed by atoms with Crippen LogP contribution in [0.2, 0.25) is 0 Å². The summed E-state index contributed by atoms with van der Waals surface area (Å²) in [6.07, 6.45) is 0.563. The molecule has 3 rings (SSSR count). The van der Waals surface area contributed by atoms with E-state index in [0.717, 1.165) is 20.8 Å². The predicted molar refractivity (Wildman–Crippen MR) is 80.0 cm³/mol. The summed E-state index contributed by atoms with van der Waals surface area (Å²) in [7, 11) is 0. The molecule has 0 aliphatic carbocycles. The number of aromatic hydroxyl groups is 2. The lowest BCUT2D eigenvalue weighted by atomic mass is 10.1. The molecule has 0 fully saturated rings. The van der Waals surface area contributed by atoms with Gasteiger partial charge in [-0.2, -0.15) is 0 Å². The van der Waals surface area contributed by atoms with Crippen LogP contribution in [0.25, 0.3) is 10.2 Å². The van der Waals surface area contributed by atoms with Crippen molar-refractivity contribution in [1.82, 2.24) is 4.98 Å². The molecule has 1 unspecified atom stereocenters. The number of nitrogens with zero attached hydrogens (tertiary/aromatic N) is 1. The van der Waals surface area contributed by atoms with E-state index >= 15 is 0 Å². The smallest absolute Gasteiger partial charge is 0.157 e. The highest BCUT2D eigenvalue weighted by Crippen LogP contribution is 2.29. The Morgan fingerprint density at radius 1 is 1.10 bits per heavy atom. The van der Waals surface area contributed by atoms with E-state index < -0.39 is 0 Å². The Bertz CT molecular complexity index is 721. The highest BCUT2D eigenvalue weighted by atomic mass is 32.1. The van der Waals surface area contributed by atoms with Gasteiger partial charge in [0, 0.05) is 0 Å². The van der Waals surface area contributed by atoms with E-state index in [-0.39, 0.29) is 17.5 Å². The van der Waals surface area contributed by atoms with Crippen molar-refractivity contribution in [2.24, 2.45) is 5.73 Å². The number of benzene rings is 2. The third-order valence-corrected chi connectivity index (χ3v) is 4.29. The summed E-state index contributed by atoms with van der Waals surface area (Å²) in [6, 6.07) is 12.4. The summed E-state index contributed by atoms with van der Waals surface area (Å²) >= 11 is 1.58. The molecule has 2 aromatic carbocycles. The van der Waals surface area contributed by atoms with Gasteiger partial charge in [0.15, 0.2) is 11.5 Å². The van der Waals surface area contributed by atoms with E-state index in [1.165, 1.54) is 12.1 Å². The average molecular weight is 286 g/mol. The van der Waals surface area contributed by atoms with Crippen LogP contribution in [0.3, 0.4) is 0 Å². The number of para-hydroxylation sites is 1. The van der Waals surface area contributed by atoms with Crippen molar-refractivity contribution in [3.8, 4) is 11.5 Å². The number of fused-ring (bicyclic) bond motifs is 1. The van der Waals surface area contributed by atoms with Crippen molar-refractivity contribution in [3.63, 3.8) is 0 Å². The van der Waals surface area contributed by atoms with Crippen LogP contribution in [0.15, 0.2) is 42.5 Å². The molecular formula is C15H14N2O2S. The fraction of sp³-hybridized carbons (Fsp3) is 0.133. The lowest BCUT2D eigenvalue weighted by Crippen LogP contribution is -2.12. The molecule has 0 amide bonds. The molecule has 0 radical (unpaired) electrons. The topological polar surface area (TPSA) is 79.4 Å². The molecule has 1 atom stereocenters. The first-order valence-corrected chi connectivity index (χ1v) is 7.07. The first kappa shape index (κ1) is 12.9. The van der Waals surface area contributed by atoms with Crippen LogP contribution in [-0.4, -0.2) is 15.2 Å². The first-order valence-electron chi connectivity index (χ1n) is 6.25. The van der Waals surface area contributed by atoms with Crippen molar-refractivity contribution in [1.29, 1.82) is 0 Å². The SMILES string of the molecule is NC(Cc1ccc(O)c(O)c1)c1nc2ccccc2s1. The van der Waals surface area contributed by atoms with Crippen molar-refractivity contribution in [3.05, 3.63) is 53.0 Å². The number of nitrogens with two attached hydrogens (primary N) is 1. The summed E-state index contributed by atoms with van der Waals surface area (Å²) in [5, 5.41) is 19.7. The van der Waals surface area contributed by atoms with E-state index in [0.29, 0.717) is 6.42 Å². The standard InChI is InChI=1S/C15H14N2O2S/c16-10(7-9-5-6-12(18)13(19)8-9)15-17-11-3-1-2-4-14(11)20-15/h1-6,8,10,18-19H,7,16H2. The van der Waals surface area contributed by atoms with Crippen molar-refractivity contribution < 1.29 is 10.2 Å². The van der Waals surface area contributed by atoms with Crippen LogP contribution in [0.1, 0.15) is 16.6 Å². The van der Waals surface area contributed by atoms with Crippen LogP contribution in [0, 0.1) is 0 Å². The first-order chi connectivity index (χ1) is 9.63. The van der Waals surface area contributed by atoms with Gasteiger partial charge in [0.2, 0.25) is 0 Å². The monoisotopic (exact) mass is 286 g/mol. The molecule has 1 aromatic heterocycles. The Labute approximate surface area is 120 Å². The van der Waals surface area contributed by atoms with E-state index in [1.54, 1.807) is 17.4 Å². The summed E-state index contributed by atoms with van der Waals surface area (Å²) in [5.74, 6) is -0.249. The number of thiazole rings is 1. The largest absolute Gasteiger partial charge is 0.504 e. The number of hydrogen-bond acceptors (Lipinski definition) is 5. The van der Waals surface area contributed by atoms with Gasteiger partial charge >= 0.3 is 0 Å². The molecule has 0 aliphatic heterocycles. The lowest BCUT2D eigenvalue weighted by Gasteiger charge is -2.09. The Kier molecular flexibility index (Phi) is 3.30. The molecule has 0 aliphatic rings. The molecule has 20 heavy (non-hydrogen) atoms. The van der Waals surface area contributed by atoms with Crippen LogP contribution in [-0.2, 0) is 6.42 Å². The van der Waals surface area contributed by atoms with Gasteiger partial charge in [-0.3, -0.25) is 0 Å². The van der Waals surface area contributed by atoms with Crippen LogP contribution >= 0.6 is 11.3 Å². The molecule has 0 saturated heterocycles. The van der Waals surface area contributed by atoms with Gasteiger partial charge in [-0.25, -0.2) is 4.98 Å². The average Bonchev–Trinajstić information content (AvgIpc) is 2.87. The lowest BCUT2D eigenvalue weighted by molar-refractivity contribution is 0.403. The van der Waals surface area contributed by atoms with Gasteiger partial charge in [-0.1, -0.05) is 18.2 Å². The van der Waals surface area contributed by atoms with Crippen LogP contribution in [0.5, 0.6) is 11.5 Å². The van der Waals surface area contributed by atoms with Crippen molar-refractivity contribution in [2.45, 2.75) is 12.5 Å². The quantitative estimate of drug-likeness (QED) is 0.647. The van der Waals surface area contributed by atoms with Gasteiger partial charge in [0.25, 0.3) is 0 Å². The van der Waals surface area contributed by atoms with Crippen molar-refractivity contribution in [2.75, 3.05) is 0 Å². The van der Waals surface area contributed by atoms with E-state index in [9.17, 15) is 10.2 Å². The number of phenols is 2. The molecule has 102 valence electrons. The van der Waals surface area contributed by atoms with Crippen LogP contribution < -0.4 is 5.73 Å². The minimum Gasteiger partial charge on any atom is -0.504 e. The fourth-order valence-corrected chi connectivity index (χ4v) is 3.05. The molecule has 0 saturated carbocycles. The van der Waals surface area contributed by atoms with Gasteiger partial charge in [-0.05, 0) is 36.2 Å². The molecule has 1 heterocycles. The minimum atomic E-state index is -0.226. The van der Waals surface area contributed by atoms with Gasteiger partial charge in [0.05, 0.1) is 16.3 Å². The van der Waals surface area contributed by atoms with E-state index in [2.05, 4.69) is 4.98 Å². The maximum Gasteiger partial charge on any atom is 0.157 e. The molecule has 4 nitrogen and oxygen atoms in total. The predicted octanol–water partition coefficient (Wildman–Crippen LogP) is 2.95. The summed E-state index contributed by atoms with van der Waals surface area (Å²) in [5.41, 5.74) is 8.01. The second-order valence-electron chi connectivity index (χ2n) is 4.65. The highest BCUT2D eigenvalue weighted by molar-refractivity contribution is 7.18. The number of aromatic nitrogens is 1. The molecule has 4 N–H and O–H groups in total. The molecule has 0 spiro atoms. The second-order valence-corrected chi connectivity index (χ2v) is 5.72. The zero-order valence-electron chi connectivity index (χ0n) is 10.7. The fourth-order valence-electron chi connectivity index (χ4n) is 2.09. The minimum absolute atomic E-state index is 0.123. The van der Waals surface area contributed by atoms with E-state index in [1.807, 2.05) is 24.3 Å². The Hall–Kier alpha value is -2.11. The van der Waals surface area contributed by atoms with Gasteiger partial charge < -0.3 is 15.9 Å². The summed E-state index contributed by atoms with van der Waals surface area (Å²) in [4.78, 5) is 4.53. The van der Waals surface area contributed by atoms with Gasteiger partial charge in [-0.15, -0.1) is 11.3 Å². The van der Waals surface area contributed by atoms with Crippen molar-refractivity contribution >= 4 is 21.6 Å². The van der Waals surface area contributed by atoms with Crippen LogP contribution in [0.4, 0.5) is 0 Å². The summed E-state index contributed by atoms with van der Waals surface area (Å²) in [6.45, 7) is 0. The number of hydrogen-bond donors (Lipinski definition) is 3. The van der Waals surface area contributed by atoms with Gasteiger partial charge in [0.1, 0.15) is 5.01 Å². The maximum atomic E-state index is 9.49. The molecule has 5 heteroatoms. The summed E-state index contributed by atoms with van der Waals surface area (Å²) < 4.78 is 1.12. The second kappa shape index (κ2) is 5.11. The maximum absolute atomic E-state index is 9.49. The number of rotatable bonds is 3. The molecular weight excluding hydrogens is 272 g/mol. The third-order valence-electron chi connectivity index (χ3n) is 3.12. The third kappa shape index (κ3) is 2.45. The Balaban J connectivity index is 1.84. The molecule has 3 aromatic rings. The number of phenolic OH excluding ortho intramolecular Hbond substituents is 2. The zero-order valence-corrected chi connectivity index (χ0v) is 11.5. The zero-order chi connectivity index (χ0) is 14.1. The Morgan fingerprint density at radius 3 is 2.65 bits per heavy atom. The van der Waals surface area contributed by atoms with E-state index in [4.69, 9.17) is 5.73 Å². The Morgan fingerprint density at radius 2 is 1.90 bits per heavy atom.